The maximum atomic E-state index is 12.2. The summed E-state index contributed by atoms with van der Waals surface area (Å²) in [5.41, 5.74) is 6.08. The van der Waals surface area contributed by atoms with Crippen LogP contribution in [0.4, 0.5) is 0 Å². The molecule has 2 rings (SSSR count). The van der Waals surface area contributed by atoms with Gasteiger partial charge in [0.05, 0.1) is 13.2 Å². The van der Waals surface area contributed by atoms with Gasteiger partial charge in [0.15, 0.2) is 0 Å². The molecule has 1 saturated heterocycles. The highest BCUT2D eigenvalue weighted by Crippen LogP contribution is 2.25. The van der Waals surface area contributed by atoms with E-state index < -0.39 is 0 Å². The number of hydrogen-bond donors (Lipinski definition) is 2. The van der Waals surface area contributed by atoms with Crippen molar-refractivity contribution in [3.63, 3.8) is 0 Å². The Morgan fingerprint density at radius 3 is 3.05 bits per heavy atom. The van der Waals surface area contributed by atoms with Crippen LogP contribution in [0, 0.1) is 0 Å². The summed E-state index contributed by atoms with van der Waals surface area (Å²) in [6.07, 6.45) is 5.43. The summed E-state index contributed by atoms with van der Waals surface area (Å²) in [4.78, 5) is 14.6. The molecule has 1 heterocycles. The van der Waals surface area contributed by atoms with E-state index in [0.717, 1.165) is 45.4 Å². The molecule has 1 saturated carbocycles. The number of hydrogen-bond acceptors (Lipinski definition) is 4. The number of nitrogens with two attached hydrogens (primary N) is 1. The van der Waals surface area contributed by atoms with E-state index in [1.165, 1.54) is 6.42 Å². The van der Waals surface area contributed by atoms with Crippen LogP contribution in [0.2, 0.25) is 0 Å². The smallest absolute Gasteiger partial charge is 0.239 e. The monoisotopic (exact) mass is 269 g/mol. The lowest BCUT2D eigenvalue weighted by Crippen LogP contribution is -2.58. The molecule has 3 atom stereocenters. The number of carbonyl (C=O) groups excluding carboxylic acids is 1. The molecule has 0 bridgehead atoms. The van der Waals surface area contributed by atoms with Gasteiger partial charge in [-0.25, -0.2) is 0 Å². The summed E-state index contributed by atoms with van der Waals surface area (Å²) in [6.45, 7) is 4.90. The van der Waals surface area contributed by atoms with Crippen molar-refractivity contribution in [1.29, 1.82) is 0 Å². The second-order valence-electron chi connectivity index (χ2n) is 5.70. The maximum Gasteiger partial charge on any atom is 0.239 e. The van der Waals surface area contributed by atoms with Gasteiger partial charge in [-0.15, -0.1) is 0 Å². The average molecular weight is 269 g/mol. The first kappa shape index (κ1) is 14.8. The maximum absolute atomic E-state index is 12.2. The molecule has 2 aliphatic rings. The van der Waals surface area contributed by atoms with Gasteiger partial charge in [0, 0.05) is 25.2 Å². The van der Waals surface area contributed by atoms with Gasteiger partial charge >= 0.3 is 0 Å². The van der Waals surface area contributed by atoms with Gasteiger partial charge in [-0.05, 0) is 25.7 Å². The van der Waals surface area contributed by atoms with Gasteiger partial charge in [-0.2, -0.15) is 0 Å². The lowest BCUT2D eigenvalue weighted by molar-refractivity contribution is -0.135. The zero-order valence-electron chi connectivity index (χ0n) is 11.9. The molecule has 0 radical (unpaired) electrons. The molecule has 3 unspecified atom stereocenters. The summed E-state index contributed by atoms with van der Waals surface area (Å²) < 4.78 is 5.50. The lowest BCUT2D eigenvalue weighted by Gasteiger charge is -2.42. The van der Waals surface area contributed by atoms with Crippen LogP contribution < -0.4 is 11.1 Å². The van der Waals surface area contributed by atoms with Gasteiger partial charge in [0.25, 0.3) is 0 Å². The fourth-order valence-electron chi connectivity index (χ4n) is 3.15. The fraction of sp³-hybridized carbons (Fsp3) is 0.929. The van der Waals surface area contributed by atoms with Crippen LogP contribution in [0.15, 0.2) is 0 Å². The number of nitrogens with zero attached hydrogens (tertiary/aromatic N) is 1. The van der Waals surface area contributed by atoms with Gasteiger partial charge in [0.1, 0.15) is 6.04 Å². The summed E-state index contributed by atoms with van der Waals surface area (Å²) in [7, 11) is 0. The molecule has 0 spiro atoms. The highest BCUT2D eigenvalue weighted by molar-refractivity contribution is 5.82. The standard InChI is InChI=1S/C14H27N3O2/c1-2-6-16-14(18)13-10-19-8-7-17(13)12-5-3-4-11(15)9-12/h11-13H,2-10,15H2,1H3,(H,16,18). The van der Waals surface area contributed by atoms with Crippen LogP contribution in [-0.2, 0) is 9.53 Å². The van der Waals surface area contributed by atoms with Crippen LogP contribution in [0.5, 0.6) is 0 Å². The van der Waals surface area contributed by atoms with Crippen molar-refractivity contribution in [1.82, 2.24) is 10.2 Å². The minimum Gasteiger partial charge on any atom is -0.378 e. The number of rotatable bonds is 4. The molecule has 0 aromatic rings. The quantitative estimate of drug-likeness (QED) is 0.779. The summed E-state index contributed by atoms with van der Waals surface area (Å²) in [5.74, 6) is 0.112. The van der Waals surface area contributed by atoms with E-state index >= 15 is 0 Å². The van der Waals surface area contributed by atoms with E-state index in [0.29, 0.717) is 18.7 Å². The van der Waals surface area contributed by atoms with Crippen molar-refractivity contribution < 1.29 is 9.53 Å². The Balaban J connectivity index is 1.96. The number of nitrogens with one attached hydrogen (secondary N) is 1. The lowest BCUT2D eigenvalue weighted by atomic mass is 9.89. The molecule has 5 nitrogen and oxygen atoms in total. The predicted octanol–water partition coefficient (Wildman–Crippen LogP) is 0.483. The van der Waals surface area contributed by atoms with Crippen molar-refractivity contribution in [3.05, 3.63) is 0 Å². The SMILES string of the molecule is CCCNC(=O)C1COCCN1C1CCCC(N)C1. The number of carbonyl (C=O) groups is 1. The number of amides is 1. The van der Waals surface area contributed by atoms with Gasteiger partial charge in [-0.3, -0.25) is 9.69 Å². The Morgan fingerprint density at radius 1 is 1.47 bits per heavy atom. The van der Waals surface area contributed by atoms with Gasteiger partial charge in [0.2, 0.25) is 5.91 Å². The van der Waals surface area contributed by atoms with Gasteiger partial charge in [-0.1, -0.05) is 13.3 Å². The zero-order chi connectivity index (χ0) is 13.7. The van der Waals surface area contributed by atoms with E-state index in [-0.39, 0.29) is 11.9 Å². The highest BCUT2D eigenvalue weighted by atomic mass is 16.5. The van der Waals surface area contributed by atoms with Crippen molar-refractivity contribution in [2.45, 2.75) is 57.2 Å². The number of ether oxygens (including phenoxy) is 1. The third-order valence-corrected chi connectivity index (χ3v) is 4.18. The molecule has 19 heavy (non-hydrogen) atoms. The van der Waals surface area contributed by atoms with Gasteiger partial charge < -0.3 is 15.8 Å². The first-order valence-electron chi connectivity index (χ1n) is 7.59. The third-order valence-electron chi connectivity index (χ3n) is 4.18. The minimum atomic E-state index is -0.129. The second kappa shape index (κ2) is 7.22. The molecular formula is C14H27N3O2. The van der Waals surface area contributed by atoms with Crippen molar-refractivity contribution in [2.75, 3.05) is 26.3 Å². The molecule has 1 amide bonds. The minimum absolute atomic E-state index is 0.112. The molecule has 2 fully saturated rings. The van der Waals surface area contributed by atoms with Crippen LogP contribution in [-0.4, -0.2) is 55.2 Å². The van der Waals surface area contributed by atoms with Crippen LogP contribution >= 0.6 is 0 Å². The Bertz CT molecular complexity index is 298. The van der Waals surface area contributed by atoms with Crippen molar-refractivity contribution >= 4 is 5.91 Å². The molecular weight excluding hydrogens is 242 g/mol. The molecule has 1 aliphatic heterocycles. The highest BCUT2D eigenvalue weighted by Gasteiger charge is 2.35. The van der Waals surface area contributed by atoms with E-state index in [1.54, 1.807) is 0 Å². The summed E-state index contributed by atoms with van der Waals surface area (Å²) >= 11 is 0. The number of morpholine rings is 1. The van der Waals surface area contributed by atoms with E-state index in [9.17, 15) is 4.79 Å². The molecule has 110 valence electrons. The Labute approximate surface area is 115 Å². The third kappa shape index (κ3) is 3.91. The Hall–Kier alpha value is -0.650. The molecule has 3 N–H and O–H groups in total. The fourth-order valence-corrected chi connectivity index (χ4v) is 3.15. The zero-order valence-corrected chi connectivity index (χ0v) is 11.9. The normalized spacial score (nSPS) is 33.1. The van der Waals surface area contributed by atoms with Crippen LogP contribution in [0.25, 0.3) is 0 Å². The molecule has 5 heteroatoms. The van der Waals surface area contributed by atoms with Crippen molar-refractivity contribution in [2.24, 2.45) is 5.73 Å². The average Bonchev–Trinajstić information content (AvgIpc) is 2.45. The van der Waals surface area contributed by atoms with E-state index in [1.807, 2.05) is 0 Å². The first-order chi connectivity index (χ1) is 9.22. The molecule has 0 aromatic carbocycles. The van der Waals surface area contributed by atoms with Crippen LogP contribution in [0.1, 0.15) is 39.0 Å². The van der Waals surface area contributed by atoms with E-state index in [2.05, 4.69) is 17.1 Å². The Kier molecular flexibility index (Phi) is 5.60. The Morgan fingerprint density at radius 2 is 2.32 bits per heavy atom. The largest absolute Gasteiger partial charge is 0.378 e. The predicted molar refractivity (Wildman–Crippen MR) is 74.8 cm³/mol. The first-order valence-corrected chi connectivity index (χ1v) is 7.59. The second-order valence-corrected chi connectivity index (χ2v) is 5.70. The topological polar surface area (TPSA) is 67.6 Å². The summed E-state index contributed by atoms with van der Waals surface area (Å²) in [6, 6.07) is 0.613. The molecule has 0 aromatic heterocycles. The summed E-state index contributed by atoms with van der Waals surface area (Å²) in [5, 5.41) is 2.99. The van der Waals surface area contributed by atoms with E-state index in [4.69, 9.17) is 10.5 Å². The van der Waals surface area contributed by atoms with Crippen molar-refractivity contribution in [3.8, 4) is 0 Å². The molecule has 1 aliphatic carbocycles. The van der Waals surface area contributed by atoms with Crippen LogP contribution in [0.3, 0.4) is 0 Å².